The fraction of sp³-hybridized carbons (Fsp3) is 0.409. The Morgan fingerprint density at radius 1 is 1.07 bits per heavy atom. The van der Waals surface area contributed by atoms with Crippen LogP contribution in [0.5, 0.6) is 0 Å². The number of rotatable bonds is 3. The van der Waals surface area contributed by atoms with E-state index in [2.05, 4.69) is 11.0 Å². The highest BCUT2D eigenvalue weighted by Crippen LogP contribution is 2.34. The number of ether oxygens (including phenoxy) is 3. The molecule has 5 rings (SSSR count). The standard InChI is InChI=1S/C22H24N4O3/c1-22(2)28-14-18(29-22)16-12-17-19(23-13-16)21(26-8-10-27-11-9-26)25-20(24-17)15-6-4-3-5-7-15/h3-7,12-13,18H,8-11,14H2,1-2H3. The Labute approximate surface area is 169 Å². The molecular weight excluding hydrogens is 368 g/mol. The van der Waals surface area contributed by atoms with Crippen LogP contribution in [0.2, 0.25) is 0 Å². The van der Waals surface area contributed by atoms with Crippen molar-refractivity contribution in [1.82, 2.24) is 15.0 Å². The van der Waals surface area contributed by atoms with Crippen molar-refractivity contribution in [2.75, 3.05) is 37.8 Å². The first-order chi connectivity index (χ1) is 14.1. The number of hydrogen-bond donors (Lipinski definition) is 0. The van der Waals surface area contributed by atoms with Gasteiger partial charge in [0.25, 0.3) is 0 Å². The predicted octanol–water partition coefficient (Wildman–Crippen LogP) is 3.35. The monoisotopic (exact) mass is 392 g/mol. The third kappa shape index (κ3) is 3.69. The minimum atomic E-state index is -0.584. The van der Waals surface area contributed by atoms with Gasteiger partial charge >= 0.3 is 0 Å². The van der Waals surface area contributed by atoms with Crippen molar-refractivity contribution in [2.24, 2.45) is 0 Å². The first-order valence-electron chi connectivity index (χ1n) is 9.97. The Hall–Kier alpha value is -2.61. The summed E-state index contributed by atoms with van der Waals surface area (Å²) < 4.78 is 17.3. The average molecular weight is 392 g/mol. The molecule has 1 aromatic carbocycles. The molecule has 2 aliphatic rings. The number of nitrogens with zero attached hydrogens (tertiary/aromatic N) is 4. The Morgan fingerprint density at radius 2 is 1.86 bits per heavy atom. The van der Waals surface area contributed by atoms with Crippen LogP contribution in [0.15, 0.2) is 42.6 Å². The van der Waals surface area contributed by atoms with Gasteiger partial charge in [0.15, 0.2) is 17.4 Å². The van der Waals surface area contributed by atoms with Crippen molar-refractivity contribution >= 4 is 16.9 Å². The minimum absolute atomic E-state index is 0.149. The predicted molar refractivity (Wildman–Crippen MR) is 110 cm³/mol. The molecule has 0 spiro atoms. The van der Waals surface area contributed by atoms with Crippen molar-refractivity contribution in [3.8, 4) is 11.4 Å². The Kier molecular flexibility index (Phi) is 4.66. The molecule has 2 saturated heterocycles. The molecule has 0 N–H and O–H groups in total. The number of aromatic nitrogens is 3. The second kappa shape index (κ2) is 7.33. The zero-order valence-corrected chi connectivity index (χ0v) is 16.7. The fourth-order valence-electron chi connectivity index (χ4n) is 3.76. The van der Waals surface area contributed by atoms with Crippen molar-refractivity contribution in [3.63, 3.8) is 0 Å². The number of hydrogen-bond acceptors (Lipinski definition) is 7. The molecule has 4 heterocycles. The number of benzene rings is 1. The van der Waals surface area contributed by atoms with Crippen molar-refractivity contribution in [3.05, 3.63) is 48.2 Å². The van der Waals surface area contributed by atoms with E-state index in [1.807, 2.05) is 50.4 Å². The quantitative estimate of drug-likeness (QED) is 0.677. The number of fused-ring (bicyclic) bond motifs is 1. The van der Waals surface area contributed by atoms with E-state index < -0.39 is 5.79 Å². The van der Waals surface area contributed by atoms with Gasteiger partial charge in [0, 0.05) is 30.4 Å². The van der Waals surface area contributed by atoms with Crippen LogP contribution < -0.4 is 4.90 Å². The molecule has 7 heteroatoms. The molecule has 1 atom stereocenters. The maximum Gasteiger partial charge on any atom is 0.163 e. The van der Waals surface area contributed by atoms with Gasteiger partial charge in [-0.1, -0.05) is 30.3 Å². The van der Waals surface area contributed by atoms with Gasteiger partial charge in [0.1, 0.15) is 11.6 Å². The molecule has 3 aromatic rings. The van der Waals surface area contributed by atoms with E-state index in [-0.39, 0.29) is 6.10 Å². The van der Waals surface area contributed by atoms with E-state index in [1.165, 1.54) is 0 Å². The number of anilines is 1. The highest BCUT2D eigenvalue weighted by atomic mass is 16.7. The van der Waals surface area contributed by atoms with Crippen LogP contribution in [0, 0.1) is 0 Å². The SMILES string of the molecule is CC1(C)OCC(c2cnc3c(N4CCOCC4)nc(-c4ccccc4)nc3c2)O1. The lowest BCUT2D eigenvalue weighted by Crippen LogP contribution is -2.37. The summed E-state index contributed by atoms with van der Waals surface area (Å²) in [7, 11) is 0. The molecule has 2 fully saturated rings. The lowest BCUT2D eigenvalue weighted by molar-refractivity contribution is -0.139. The summed E-state index contributed by atoms with van der Waals surface area (Å²) in [6.45, 7) is 7.31. The van der Waals surface area contributed by atoms with E-state index >= 15 is 0 Å². The van der Waals surface area contributed by atoms with Gasteiger partial charge in [-0.2, -0.15) is 0 Å². The third-order valence-electron chi connectivity index (χ3n) is 5.26. The van der Waals surface area contributed by atoms with Gasteiger partial charge in [-0.05, 0) is 19.9 Å². The van der Waals surface area contributed by atoms with E-state index in [1.54, 1.807) is 0 Å². The smallest absolute Gasteiger partial charge is 0.163 e. The van der Waals surface area contributed by atoms with Crippen LogP contribution in [0.4, 0.5) is 5.82 Å². The number of pyridine rings is 1. The highest BCUT2D eigenvalue weighted by molar-refractivity contribution is 5.88. The molecule has 2 aliphatic heterocycles. The van der Waals surface area contributed by atoms with Crippen LogP contribution in [0.25, 0.3) is 22.4 Å². The molecule has 150 valence electrons. The molecule has 29 heavy (non-hydrogen) atoms. The minimum Gasteiger partial charge on any atom is -0.378 e. The van der Waals surface area contributed by atoms with Crippen LogP contribution in [0.1, 0.15) is 25.5 Å². The lowest BCUT2D eigenvalue weighted by atomic mass is 10.1. The average Bonchev–Trinajstić information content (AvgIpc) is 3.13. The second-order valence-electron chi connectivity index (χ2n) is 7.79. The highest BCUT2D eigenvalue weighted by Gasteiger charge is 2.34. The summed E-state index contributed by atoms with van der Waals surface area (Å²) in [6.07, 6.45) is 1.71. The lowest BCUT2D eigenvalue weighted by Gasteiger charge is -2.28. The van der Waals surface area contributed by atoms with E-state index in [9.17, 15) is 0 Å². The maximum absolute atomic E-state index is 6.01. The third-order valence-corrected chi connectivity index (χ3v) is 5.26. The first-order valence-corrected chi connectivity index (χ1v) is 9.97. The fourth-order valence-corrected chi connectivity index (χ4v) is 3.76. The van der Waals surface area contributed by atoms with E-state index in [4.69, 9.17) is 29.2 Å². The summed E-state index contributed by atoms with van der Waals surface area (Å²) in [5, 5.41) is 0. The molecule has 1 unspecified atom stereocenters. The zero-order valence-electron chi connectivity index (χ0n) is 16.7. The van der Waals surface area contributed by atoms with Crippen molar-refractivity contribution < 1.29 is 14.2 Å². The largest absolute Gasteiger partial charge is 0.378 e. The molecule has 0 saturated carbocycles. The Balaban J connectivity index is 1.62. The van der Waals surface area contributed by atoms with Gasteiger partial charge in [-0.3, -0.25) is 4.98 Å². The molecular formula is C22H24N4O3. The van der Waals surface area contributed by atoms with Gasteiger partial charge in [-0.15, -0.1) is 0 Å². The summed E-state index contributed by atoms with van der Waals surface area (Å²) in [4.78, 5) is 16.7. The van der Waals surface area contributed by atoms with Gasteiger partial charge in [0.2, 0.25) is 0 Å². The molecule has 2 aromatic heterocycles. The van der Waals surface area contributed by atoms with Crippen LogP contribution in [0.3, 0.4) is 0 Å². The molecule has 7 nitrogen and oxygen atoms in total. The van der Waals surface area contributed by atoms with Crippen LogP contribution >= 0.6 is 0 Å². The second-order valence-corrected chi connectivity index (χ2v) is 7.79. The summed E-state index contributed by atoms with van der Waals surface area (Å²) in [5.74, 6) is 0.967. The summed E-state index contributed by atoms with van der Waals surface area (Å²) in [6, 6.07) is 12.1. The normalized spacial score (nSPS) is 21.6. The molecule has 0 bridgehead atoms. The molecule has 0 aliphatic carbocycles. The maximum atomic E-state index is 6.01. The molecule has 0 amide bonds. The topological polar surface area (TPSA) is 69.6 Å². The number of morpholine rings is 1. The zero-order chi connectivity index (χ0) is 19.8. The summed E-state index contributed by atoms with van der Waals surface area (Å²) >= 11 is 0. The van der Waals surface area contributed by atoms with Gasteiger partial charge < -0.3 is 19.1 Å². The first kappa shape index (κ1) is 18.4. The van der Waals surface area contributed by atoms with Crippen molar-refractivity contribution in [2.45, 2.75) is 25.7 Å². The Bertz CT molecular complexity index is 1020. The van der Waals surface area contributed by atoms with E-state index in [0.717, 1.165) is 41.1 Å². The summed E-state index contributed by atoms with van der Waals surface area (Å²) in [5.41, 5.74) is 3.56. The van der Waals surface area contributed by atoms with Gasteiger partial charge in [-0.25, -0.2) is 9.97 Å². The van der Waals surface area contributed by atoms with E-state index in [0.29, 0.717) is 25.6 Å². The van der Waals surface area contributed by atoms with Crippen LogP contribution in [-0.4, -0.2) is 53.6 Å². The van der Waals surface area contributed by atoms with Gasteiger partial charge in [0.05, 0.1) is 25.3 Å². The Morgan fingerprint density at radius 3 is 2.59 bits per heavy atom. The van der Waals surface area contributed by atoms with Crippen LogP contribution in [-0.2, 0) is 14.2 Å². The van der Waals surface area contributed by atoms with Crippen molar-refractivity contribution in [1.29, 1.82) is 0 Å². The molecule has 0 radical (unpaired) electrons.